The lowest BCUT2D eigenvalue weighted by Gasteiger charge is -2.15. The molecule has 0 unspecified atom stereocenters. The summed E-state index contributed by atoms with van der Waals surface area (Å²) in [6.45, 7) is -0.371. The topological polar surface area (TPSA) is 73.3 Å². The molecule has 0 spiro atoms. The van der Waals surface area contributed by atoms with E-state index in [-0.39, 0.29) is 24.8 Å². The molecule has 1 heterocycles. The number of guanidine groups is 1. The number of nitrogens with zero attached hydrogens (tertiary/aromatic N) is 1. The van der Waals surface area contributed by atoms with Gasteiger partial charge in [0.05, 0.1) is 6.61 Å². The maximum absolute atomic E-state index is 14.0. The van der Waals surface area contributed by atoms with E-state index < -0.39 is 12.4 Å². The molecule has 2 aromatic carbocycles. The lowest BCUT2D eigenvalue weighted by molar-refractivity contribution is -0.0505. The third-order valence-corrected chi connectivity index (χ3v) is 4.20. The molecule has 1 aliphatic rings. The lowest BCUT2D eigenvalue weighted by atomic mass is 10.1. The number of alkyl halides is 2. The van der Waals surface area contributed by atoms with Gasteiger partial charge in [0, 0.05) is 31.8 Å². The van der Waals surface area contributed by atoms with Gasteiger partial charge in [0.1, 0.15) is 5.75 Å². The van der Waals surface area contributed by atoms with Crippen LogP contribution in [0.2, 0.25) is 0 Å². The van der Waals surface area contributed by atoms with Gasteiger partial charge < -0.3 is 29.6 Å². The first-order valence-corrected chi connectivity index (χ1v) is 9.23. The van der Waals surface area contributed by atoms with E-state index in [4.69, 9.17) is 14.2 Å². The van der Waals surface area contributed by atoms with E-state index in [1.165, 1.54) is 12.1 Å². The maximum atomic E-state index is 14.0. The second kappa shape index (κ2) is 9.95. The Bertz CT molecular complexity index is 909. The third-order valence-electron chi connectivity index (χ3n) is 4.20. The number of fused-ring (bicyclic) bond motifs is 1. The number of ether oxygens (including phenoxy) is 4. The van der Waals surface area contributed by atoms with Crippen molar-refractivity contribution in [2.45, 2.75) is 26.6 Å². The van der Waals surface area contributed by atoms with Crippen LogP contribution in [0, 0.1) is 5.82 Å². The van der Waals surface area contributed by atoms with Crippen LogP contribution in [-0.2, 0) is 13.1 Å². The summed E-state index contributed by atoms with van der Waals surface area (Å²) in [5, 5.41) is 6.04. The maximum Gasteiger partial charge on any atom is 0.387 e. The highest BCUT2D eigenvalue weighted by molar-refractivity contribution is 5.79. The number of halogens is 3. The van der Waals surface area contributed by atoms with Gasteiger partial charge in [0.2, 0.25) is 6.79 Å². The molecule has 3 rings (SSSR count). The molecule has 2 aromatic rings. The molecule has 1 aliphatic heterocycles. The predicted molar refractivity (Wildman–Crippen MR) is 104 cm³/mol. The molecule has 162 valence electrons. The second-order valence-electron chi connectivity index (χ2n) is 6.17. The van der Waals surface area contributed by atoms with Gasteiger partial charge in [0.25, 0.3) is 0 Å². The smallest absolute Gasteiger partial charge is 0.387 e. The number of hydrogen-bond acceptors (Lipinski definition) is 5. The molecule has 0 atom stereocenters. The molecule has 0 bridgehead atoms. The van der Waals surface area contributed by atoms with Crippen LogP contribution in [0.1, 0.15) is 18.1 Å². The standard InChI is InChI=1S/C20H22F3N3O4/c1-3-27-15-5-4-12(6-14(15)21)9-25-20(24-2)26-10-13-7-17-18(29-11-28-17)8-16(13)30-19(22)23/h4-8,19H,3,9-11H2,1-2H3,(H2,24,25,26). The average molecular weight is 425 g/mol. The molecule has 10 heteroatoms. The molecule has 2 N–H and O–H groups in total. The van der Waals surface area contributed by atoms with Crippen molar-refractivity contribution in [3.8, 4) is 23.0 Å². The molecule has 7 nitrogen and oxygen atoms in total. The zero-order chi connectivity index (χ0) is 21.5. The molecule has 0 amide bonds. The van der Waals surface area contributed by atoms with Crippen LogP contribution in [-0.4, -0.2) is 33.0 Å². The van der Waals surface area contributed by atoms with Gasteiger partial charge in [-0.15, -0.1) is 0 Å². The van der Waals surface area contributed by atoms with Gasteiger partial charge >= 0.3 is 6.61 Å². The highest BCUT2D eigenvalue weighted by Gasteiger charge is 2.20. The number of benzene rings is 2. The normalized spacial score (nSPS) is 12.8. The summed E-state index contributed by atoms with van der Waals surface area (Å²) < 4.78 is 59.7. The number of hydrogen-bond donors (Lipinski definition) is 2. The Morgan fingerprint density at radius 1 is 1.10 bits per heavy atom. The van der Waals surface area contributed by atoms with Gasteiger partial charge in [-0.2, -0.15) is 8.78 Å². The van der Waals surface area contributed by atoms with E-state index in [1.54, 1.807) is 32.2 Å². The van der Waals surface area contributed by atoms with Crippen molar-refractivity contribution in [2.75, 3.05) is 20.4 Å². The van der Waals surface area contributed by atoms with Crippen LogP contribution in [0.15, 0.2) is 35.3 Å². The fourth-order valence-corrected chi connectivity index (χ4v) is 2.82. The molecule has 0 radical (unpaired) electrons. The van der Waals surface area contributed by atoms with Crippen molar-refractivity contribution in [1.82, 2.24) is 10.6 Å². The minimum absolute atomic E-state index is 0.0161. The Hall–Kier alpha value is -3.30. The summed E-state index contributed by atoms with van der Waals surface area (Å²) >= 11 is 0. The van der Waals surface area contributed by atoms with Crippen molar-refractivity contribution < 1.29 is 32.1 Å². The largest absolute Gasteiger partial charge is 0.491 e. The SMILES string of the molecule is CCOc1ccc(CNC(=NC)NCc2cc3c(cc2OC(F)F)OCO3)cc1F. The first-order chi connectivity index (χ1) is 14.5. The number of rotatable bonds is 8. The third kappa shape index (κ3) is 5.40. The van der Waals surface area contributed by atoms with E-state index in [0.29, 0.717) is 41.7 Å². The molecular weight excluding hydrogens is 403 g/mol. The van der Waals surface area contributed by atoms with Crippen molar-refractivity contribution in [3.05, 3.63) is 47.3 Å². The summed E-state index contributed by atoms with van der Waals surface area (Å²) in [5.41, 5.74) is 1.12. The monoisotopic (exact) mass is 425 g/mol. The van der Waals surface area contributed by atoms with Crippen LogP contribution < -0.4 is 29.6 Å². The van der Waals surface area contributed by atoms with E-state index in [2.05, 4.69) is 20.4 Å². The van der Waals surface area contributed by atoms with Crippen molar-refractivity contribution in [1.29, 1.82) is 0 Å². The van der Waals surface area contributed by atoms with Gasteiger partial charge in [0.15, 0.2) is 29.0 Å². The van der Waals surface area contributed by atoms with Crippen LogP contribution in [0.25, 0.3) is 0 Å². The fourth-order valence-electron chi connectivity index (χ4n) is 2.82. The number of nitrogens with one attached hydrogen (secondary N) is 2. The van der Waals surface area contributed by atoms with Gasteiger partial charge in [-0.05, 0) is 30.7 Å². The molecule has 0 fully saturated rings. The molecule has 0 aromatic heterocycles. The molecule has 30 heavy (non-hydrogen) atoms. The Morgan fingerprint density at radius 3 is 2.50 bits per heavy atom. The zero-order valence-electron chi connectivity index (χ0n) is 16.5. The molecule has 0 saturated carbocycles. The second-order valence-corrected chi connectivity index (χ2v) is 6.17. The van der Waals surface area contributed by atoms with Gasteiger partial charge in [-0.3, -0.25) is 4.99 Å². The predicted octanol–water partition coefficient (Wildman–Crippen LogP) is 3.42. The zero-order valence-corrected chi connectivity index (χ0v) is 16.5. The molecule has 0 aliphatic carbocycles. The molecular formula is C20H22F3N3O4. The van der Waals surface area contributed by atoms with Gasteiger partial charge in [-0.25, -0.2) is 4.39 Å². The van der Waals surface area contributed by atoms with Crippen molar-refractivity contribution in [3.63, 3.8) is 0 Å². The quantitative estimate of drug-likeness (QED) is 0.499. The Morgan fingerprint density at radius 2 is 1.83 bits per heavy atom. The first-order valence-electron chi connectivity index (χ1n) is 9.23. The summed E-state index contributed by atoms with van der Waals surface area (Å²) in [6.07, 6.45) is 0. The van der Waals surface area contributed by atoms with Crippen LogP contribution >= 0.6 is 0 Å². The Kier molecular flexibility index (Phi) is 7.10. The highest BCUT2D eigenvalue weighted by atomic mass is 19.3. The highest BCUT2D eigenvalue weighted by Crippen LogP contribution is 2.38. The minimum atomic E-state index is -2.98. The first kappa shape index (κ1) is 21.4. The summed E-state index contributed by atoms with van der Waals surface area (Å²) in [7, 11) is 1.56. The Labute approximate surface area is 171 Å². The summed E-state index contributed by atoms with van der Waals surface area (Å²) in [4.78, 5) is 4.08. The van der Waals surface area contributed by atoms with Crippen LogP contribution in [0.4, 0.5) is 13.2 Å². The molecule has 0 saturated heterocycles. The van der Waals surface area contributed by atoms with E-state index in [0.717, 1.165) is 0 Å². The van der Waals surface area contributed by atoms with Crippen LogP contribution in [0.3, 0.4) is 0 Å². The van der Waals surface area contributed by atoms with E-state index in [9.17, 15) is 13.2 Å². The van der Waals surface area contributed by atoms with E-state index >= 15 is 0 Å². The van der Waals surface area contributed by atoms with Crippen molar-refractivity contribution in [2.24, 2.45) is 4.99 Å². The summed E-state index contributed by atoms with van der Waals surface area (Å²) in [6, 6.07) is 7.61. The minimum Gasteiger partial charge on any atom is -0.491 e. The van der Waals surface area contributed by atoms with Crippen molar-refractivity contribution >= 4 is 5.96 Å². The average Bonchev–Trinajstić information content (AvgIpc) is 3.17. The van der Waals surface area contributed by atoms with E-state index in [1.807, 2.05) is 0 Å². The lowest BCUT2D eigenvalue weighted by Crippen LogP contribution is -2.36. The van der Waals surface area contributed by atoms with Gasteiger partial charge in [-0.1, -0.05) is 6.07 Å². The summed E-state index contributed by atoms with van der Waals surface area (Å²) in [5.74, 6) is 0.901. The fraction of sp³-hybridized carbons (Fsp3) is 0.350. The number of aliphatic imine (C=N–C) groups is 1. The van der Waals surface area contributed by atoms with Crippen LogP contribution in [0.5, 0.6) is 23.0 Å². The Balaban J connectivity index is 1.62.